The number of hydrogen-bond acceptors (Lipinski definition) is 4. The summed E-state index contributed by atoms with van der Waals surface area (Å²) in [6, 6.07) is 11.9. The molecule has 1 aromatic heterocycles. The van der Waals surface area contributed by atoms with Gasteiger partial charge in [-0.1, -0.05) is 55.8 Å². The molecule has 2 aliphatic rings. The molecule has 2 aromatic rings. The molecule has 2 atom stereocenters. The summed E-state index contributed by atoms with van der Waals surface area (Å²) in [5.41, 5.74) is 1.25. The Labute approximate surface area is 177 Å². The summed E-state index contributed by atoms with van der Waals surface area (Å²) in [6.07, 6.45) is 10.4. The second-order valence-corrected chi connectivity index (χ2v) is 7.89. The molecule has 0 N–H and O–H groups in total. The maximum absolute atomic E-state index is 13.4. The molecule has 158 valence electrons. The molecule has 1 aromatic carbocycles. The number of pyridine rings is 1. The van der Waals surface area contributed by atoms with Gasteiger partial charge in [-0.3, -0.25) is 19.3 Å². The van der Waals surface area contributed by atoms with E-state index in [2.05, 4.69) is 36.2 Å². The molecule has 30 heavy (non-hydrogen) atoms. The lowest BCUT2D eigenvalue weighted by Crippen LogP contribution is -2.61. The highest BCUT2D eigenvalue weighted by Crippen LogP contribution is 2.35. The summed E-state index contributed by atoms with van der Waals surface area (Å²) in [5.74, 6) is -0.0116. The predicted molar refractivity (Wildman–Crippen MR) is 117 cm³/mol. The van der Waals surface area contributed by atoms with E-state index in [-0.39, 0.29) is 29.3 Å². The molecule has 0 saturated heterocycles. The first-order valence-corrected chi connectivity index (χ1v) is 10.8. The monoisotopic (exact) mass is 407 g/mol. The van der Waals surface area contributed by atoms with Gasteiger partial charge in [-0.2, -0.15) is 0 Å². The van der Waals surface area contributed by atoms with Crippen LogP contribution in [0.3, 0.4) is 0 Å². The molecule has 0 fully saturated rings. The Hall–Kier alpha value is -3.02. The lowest BCUT2D eigenvalue weighted by molar-refractivity contribution is 0.0594. The summed E-state index contributed by atoms with van der Waals surface area (Å²) in [4.78, 5) is 27.8. The summed E-state index contributed by atoms with van der Waals surface area (Å²) in [7, 11) is 1.82. The summed E-state index contributed by atoms with van der Waals surface area (Å²) in [6.45, 7) is 2.49. The van der Waals surface area contributed by atoms with Crippen LogP contribution < -0.4 is 15.2 Å². The zero-order chi connectivity index (χ0) is 21.1. The van der Waals surface area contributed by atoms with E-state index in [0.29, 0.717) is 12.3 Å². The third kappa shape index (κ3) is 3.62. The molecular weight excluding hydrogens is 378 g/mol. The topological polar surface area (TPSA) is 54.8 Å². The van der Waals surface area contributed by atoms with Crippen molar-refractivity contribution in [3.8, 4) is 5.75 Å². The van der Waals surface area contributed by atoms with Crippen molar-refractivity contribution in [1.29, 1.82) is 0 Å². The number of nitrogens with zero attached hydrogens (tertiary/aromatic N) is 3. The minimum absolute atomic E-state index is 0.0352. The molecule has 0 bridgehead atoms. The number of ether oxygens (including phenoxy) is 1. The van der Waals surface area contributed by atoms with Crippen LogP contribution >= 0.6 is 0 Å². The van der Waals surface area contributed by atoms with E-state index < -0.39 is 0 Å². The molecule has 0 spiro atoms. The molecule has 2 unspecified atom stereocenters. The van der Waals surface area contributed by atoms with E-state index in [1.165, 1.54) is 11.6 Å². The van der Waals surface area contributed by atoms with Gasteiger partial charge in [0.15, 0.2) is 11.4 Å². The van der Waals surface area contributed by atoms with Crippen LogP contribution in [0.1, 0.15) is 61.1 Å². The smallest absolute Gasteiger partial charge is 0.277 e. The zero-order valence-electron chi connectivity index (χ0n) is 17.7. The van der Waals surface area contributed by atoms with Gasteiger partial charge in [0.2, 0.25) is 5.43 Å². The van der Waals surface area contributed by atoms with Crippen molar-refractivity contribution in [2.75, 3.05) is 18.7 Å². The average Bonchev–Trinajstić information content (AvgIpc) is 2.74. The first-order valence-electron chi connectivity index (χ1n) is 10.8. The van der Waals surface area contributed by atoms with Gasteiger partial charge in [0.25, 0.3) is 5.91 Å². The van der Waals surface area contributed by atoms with Crippen molar-refractivity contribution < 1.29 is 9.53 Å². The number of aromatic nitrogens is 1. The molecule has 4 rings (SSSR count). The normalized spacial score (nSPS) is 22.0. The third-order valence-electron chi connectivity index (χ3n) is 5.92. The van der Waals surface area contributed by atoms with E-state index in [9.17, 15) is 9.59 Å². The zero-order valence-corrected chi connectivity index (χ0v) is 17.7. The second-order valence-electron chi connectivity index (χ2n) is 7.89. The Kier molecular flexibility index (Phi) is 5.93. The predicted octanol–water partition coefficient (Wildman–Crippen LogP) is 3.86. The minimum Gasteiger partial charge on any atom is -0.487 e. The minimum atomic E-state index is -0.249. The Morgan fingerprint density at radius 2 is 1.90 bits per heavy atom. The standard InChI is InChI=1S/C24H29N3O3/c1-3-4-17-30-23-20(28)15-16-26-22(23)24(29)25(2)21-14-10-6-9-13-19(27(21)26)18-11-7-5-8-12-18/h5-9,11-12,15-16,19,21H,3-4,10,13-14,17H2,1-2H3/b9-6-. The molecule has 6 heteroatoms. The number of allylic oxidation sites excluding steroid dienone is 1. The van der Waals surface area contributed by atoms with E-state index in [0.717, 1.165) is 32.1 Å². The van der Waals surface area contributed by atoms with Gasteiger partial charge in [-0.25, -0.2) is 0 Å². The van der Waals surface area contributed by atoms with Gasteiger partial charge in [-0.15, -0.1) is 0 Å². The molecule has 1 amide bonds. The van der Waals surface area contributed by atoms with E-state index in [4.69, 9.17) is 4.74 Å². The Morgan fingerprint density at radius 1 is 1.10 bits per heavy atom. The van der Waals surface area contributed by atoms with Crippen LogP contribution in [-0.4, -0.2) is 35.3 Å². The summed E-state index contributed by atoms with van der Waals surface area (Å²) < 4.78 is 7.72. The molecule has 2 aliphatic heterocycles. The highest BCUT2D eigenvalue weighted by molar-refractivity contribution is 5.96. The third-order valence-corrected chi connectivity index (χ3v) is 5.92. The van der Waals surface area contributed by atoms with Crippen LogP contribution in [0.2, 0.25) is 0 Å². The van der Waals surface area contributed by atoms with Crippen molar-refractivity contribution >= 4 is 5.91 Å². The number of hydrogen-bond donors (Lipinski definition) is 0. The fourth-order valence-electron chi connectivity index (χ4n) is 4.32. The van der Waals surface area contributed by atoms with Crippen LogP contribution in [0.4, 0.5) is 0 Å². The van der Waals surface area contributed by atoms with Crippen LogP contribution in [0.15, 0.2) is 59.5 Å². The van der Waals surface area contributed by atoms with Crippen LogP contribution in [-0.2, 0) is 0 Å². The summed E-state index contributed by atoms with van der Waals surface area (Å²) >= 11 is 0. The van der Waals surface area contributed by atoms with Gasteiger partial charge in [-0.05, 0) is 31.2 Å². The Morgan fingerprint density at radius 3 is 2.67 bits per heavy atom. The maximum Gasteiger partial charge on any atom is 0.277 e. The number of fused-ring (bicyclic) bond motifs is 3. The number of unbranched alkanes of at least 4 members (excludes halogenated alkanes) is 1. The molecule has 3 heterocycles. The largest absolute Gasteiger partial charge is 0.487 e. The maximum atomic E-state index is 13.4. The van der Waals surface area contributed by atoms with Crippen LogP contribution in [0, 0.1) is 0 Å². The first kappa shape index (κ1) is 20.3. The van der Waals surface area contributed by atoms with Gasteiger partial charge in [0.1, 0.15) is 6.17 Å². The average molecular weight is 408 g/mol. The fourth-order valence-corrected chi connectivity index (χ4v) is 4.32. The molecule has 0 aliphatic carbocycles. The second kappa shape index (κ2) is 8.78. The van der Waals surface area contributed by atoms with E-state index in [1.54, 1.807) is 11.1 Å². The Balaban J connectivity index is 1.87. The van der Waals surface area contributed by atoms with Gasteiger partial charge in [0.05, 0.1) is 12.6 Å². The van der Waals surface area contributed by atoms with Crippen molar-refractivity contribution in [1.82, 2.24) is 9.58 Å². The van der Waals surface area contributed by atoms with Gasteiger partial charge < -0.3 is 9.64 Å². The quantitative estimate of drug-likeness (QED) is 0.558. The Bertz CT molecular complexity index is 983. The first-order chi connectivity index (χ1) is 14.6. The van der Waals surface area contributed by atoms with E-state index in [1.807, 2.05) is 29.9 Å². The van der Waals surface area contributed by atoms with Crippen molar-refractivity contribution in [2.45, 2.75) is 51.2 Å². The number of rotatable bonds is 5. The molecule has 0 radical (unpaired) electrons. The summed E-state index contributed by atoms with van der Waals surface area (Å²) in [5, 5.41) is 2.24. The lowest BCUT2D eigenvalue weighted by Gasteiger charge is -2.49. The van der Waals surface area contributed by atoms with Gasteiger partial charge >= 0.3 is 0 Å². The van der Waals surface area contributed by atoms with Crippen LogP contribution in [0.25, 0.3) is 0 Å². The van der Waals surface area contributed by atoms with Crippen molar-refractivity contribution in [3.63, 3.8) is 0 Å². The van der Waals surface area contributed by atoms with Crippen LogP contribution in [0.5, 0.6) is 5.75 Å². The highest BCUT2D eigenvalue weighted by atomic mass is 16.5. The number of carbonyl (C=O) groups excluding carboxylic acids is 1. The van der Waals surface area contributed by atoms with Gasteiger partial charge in [0, 0.05) is 19.3 Å². The number of benzene rings is 1. The lowest BCUT2D eigenvalue weighted by atomic mass is 9.98. The number of carbonyl (C=O) groups is 1. The van der Waals surface area contributed by atoms with E-state index >= 15 is 0 Å². The fraction of sp³-hybridized carbons (Fsp3) is 0.417. The molecule has 0 saturated carbocycles. The van der Waals surface area contributed by atoms with Crippen molar-refractivity contribution in [3.05, 3.63) is 76.2 Å². The molecule has 6 nitrogen and oxygen atoms in total. The van der Waals surface area contributed by atoms with Crippen molar-refractivity contribution in [2.24, 2.45) is 0 Å². The molecular formula is C24H29N3O3. The number of amides is 1. The highest BCUT2D eigenvalue weighted by Gasteiger charge is 2.41. The SMILES string of the molecule is CCCCOc1c2n(ccc1=O)N1C(c3ccccc3)C/C=C\CCC1N(C)C2=O.